The van der Waals surface area contributed by atoms with Gasteiger partial charge in [-0.25, -0.2) is 0 Å². The van der Waals surface area contributed by atoms with Gasteiger partial charge < -0.3 is 9.84 Å². The number of hydrogen-bond donors (Lipinski definition) is 1. The highest BCUT2D eigenvalue weighted by atomic mass is 35.5. The molecule has 5 nitrogen and oxygen atoms in total. The number of amides is 1. The molecule has 1 atom stereocenters. The smallest absolute Gasteiger partial charge is 0.251 e. The monoisotopic (exact) mass is 335 g/mol. The maximum Gasteiger partial charge on any atom is 0.251 e. The molecule has 0 saturated carbocycles. The first-order valence-electron chi connectivity index (χ1n) is 7.96. The number of benzene rings is 1. The molecule has 0 aliphatic carbocycles. The van der Waals surface area contributed by atoms with Crippen molar-refractivity contribution < 1.29 is 9.32 Å². The van der Waals surface area contributed by atoms with Crippen molar-refractivity contribution in [2.45, 2.75) is 38.3 Å². The first-order valence-corrected chi connectivity index (χ1v) is 7.96. The molecule has 6 heteroatoms. The Morgan fingerprint density at radius 3 is 2.78 bits per heavy atom. The summed E-state index contributed by atoms with van der Waals surface area (Å²) < 4.78 is 5.15. The zero-order valence-corrected chi connectivity index (χ0v) is 14.2. The molecule has 3 fully saturated rings. The molecule has 124 valence electrons. The van der Waals surface area contributed by atoms with Gasteiger partial charge in [0.25, 0.3) is 5.91 Å². The summed E-state index contributed by atoms with van der Waals surface area (Å²) in [4.78, 5) is 15.1. The molecule has 0 radical (unpaired) electrons. The molecule has 1 aromatic heterocycles. The normalized spacial score (nSPS) is 28.3. The van der Waals surface area contributed by atoms with Crippen LogP contribution < -0.4 is 5.32 Å². The summed E-state index contributed by atoms with van der Waals surface area (Å²) in [5.41, 5.74) is 1.31. The fourth-order valence-electron chi connectivity index (χ4n) is 4.10. The van der Waals surface area contributed by atoms with Gasteiger partial charge in [-0.05, 0) is 63.9 Å². The summed E-state index contributed by atoms with van der Waals surface area (Å²) in [6, 6.07) is 5.69. The van der Waals surface area contributed by atoms with Crippen LogP contribution in [0.1, 0.15) is 37.0 Å². The Labute approximate surface area is 141 Å². The van der Waals surface area contributed by atoms with Crippen LogP contribution in [0.25, 0.3) is 11.0 Å². The molecule has 5 rings (SSSR count). The van der Waals surface area contributed by atoms with Gasteiger partial charge in [-0.3, -0.25) is 9.69 Å². The Balaban J connectivity index is 0.00000156. The minimum absolute atomic E-state index is 0. The van der Waals surface area contributed by atoms with E-state index in [-0.39, 0.29) is 29.9 Å². The second-order valence-electron chi connectivity index (χ2n) is 7.01. The predicted octanol–water partition coefficient (Wildman–Crippen LogP) is 2.85. The third kappa shape index (κ3) is 2.62. The van der Waals surface area contributed by atoms with Crippen LogP contribution in [0.2, 0.25) is 0 Å². The molecule has 2 bridgehead atoms. The highest BCUT2D eigenvalue weighted by molar-refractivity contribution is 5.97. The van der Waals surface area contributed by atoms with Crippen LogP contribution in [-0.2, 0) is 0 Å². The molecular weight excluding hydrogens is 314 g/mol. The van der Waals surface area contributed by atoms with Crippen molar-refractivity contribution in [1.29, 1.82) is 0 Å². The molecule has 1 amide bonds. The Kier molecular flexibility index (Phi) is 4.10. The predicted molar refractivity (Wildman–Crippen MR) is 90.9 cm³/mol. The molecule has 3 saturated heterocycles. The quantitative estimate of drug-likeness (QED) is 0.916. The van der Waals surface area contributed by atoms with Gasteiger partial charge in [-0.1, -0.05) is 5.16 Å². The summed E-state index contributed by atoms with van der Waals surface area (Å²) in [5.74, 6) is 0.558. The number of piperidine rings is 3. The van der Waals surface area contributed by atoms with Crippen molar-refractivity contribution in [3.05, 3.63) is 30.0 Å². The van der Waals surface area contributed by atoms with Gasteiger partial charge in [0.15, 0.2) is 5.58 Å². The van der Waals surface area contributed by atoms with E-state index in [1.54, 1.807) is 12.3 Å². The molecule has 1 N–H and O–H groups in total. The summed E-state index contributed by atoms with van der Waals surface area (Å²) >= 11 is 0. The second kappa shape index (κ2) is 5.80. The molecule has 23 heavy (non-hydrogen) atoms. The van der Waals surface area contributed by atoms with Gasteiger partial charge in [0.2, 0.25) is 0 Å². The molecule has 4 heterocycles. The molecule has 2 aromatic rings. The van der Waals surface area contributed by atoms with Crippen molar-refractivity contribution >= 4 is 29.3 Å². The van der Waals surface area contributed by atoms with Gasteiger partial charge >= 0.3 is 0 Å². The fraction of sp³-hybridized carbons (Fsp3) is 0.529. The first-order chi connectivity index (χ1) is 10.6. The summed E-state index contributed by atoms with van der Waals surface area (Å²) in [6.07, 6.45) is 4.01. The average Bonchev–Trinajstić information content (AvgIpc) is 2.98. The first kappa shape index (κ1) is 16.3. The average molecular weight is 336 g/mol. The van der Waals surface area contributed by atoms with Crippen molar-refractivity contribution in [3.8, 4) is 0 Å². The lowest BCUT2D eigenvalue weighted by Crippen LogP contribution is -2.69. The number of carbonyl (C=O) groups excluding carboxylic acids is 1. The van der Waals surface area contributed by atoms with E-state index in [4.69, 9.17) is 4.52 Å². The van der Waals surface area contributed by atoms with Gasteiger partial charge in [0.1, 0.15) is 0 Å². The Bertz CT molecular complexity index is 719. The maximum atomic E-state index is 12.7. The van der Waals surface area contributed by atoms with Crippen LogP contribution in [-0.4, -0.2) is 40.6 Å². The summed E-state index contributed by atoms with van der Waals surface area (Å²) in [5, 5.41) is 7.95. The van der Waals surface area contributed by atoms with Crippen molar-refractivity contribution in [2.24, 2.45) is 5.92 Å². The van der Waals surface area contributed by atoms with Crippen molar-refractivity contribution in [1.82, 2.24) is 15.4 Å². The highest BCUT2D eigenvalue weighted by Crippen LogP contribution is 2.39. The van der Waals surface area contributed by atoms with E-state index in [2.05, 4.69) is 29.2 Å². The van der Waals surface area contributed by atoms with Crippen LogP contribution in [0.5, 0.6) is 0 Å². The van der Waals surface area contributed by atoms with Crippen LogP contribution in [0.3, 0.4) is 0 Å². The van der Waals surface area contributed by atoms with E-state index in [1.165, 1.54) is 12.8 Å². The zero-order chi connectivity index (χ0) is 15.3. The van der Waals surface area contributed by atoms with Crippen LogP contribution in [0, 0.1) is 5.92 Å². The largest absolute Gasteiger partial charge is 0.356 e. The minimum atomic E-state index is -0.0230. The van der Waals surface area contributed by atoms with E-state index in [1.807, 2.05) is 12.1 Å². The number of carbonyl (C=O) groups is 1. The zero-order valence-electron chi connectivity index (χ0n) is 13.4. The van der Waals surface area contributed by atoms with Gasteiger partial charge in [0.05, 0.1) is 6.20 Å². The lowest BCUT2D eigenvalue weighted by atomic mass is 9.72. The van der Waals surface area contributed by atoms with E-state index in [0.29, 0.717) is 17.1 Å². The molecular formula is C17H22ClN3O2. The maximum absolute atomic E-state index is 12.7. The summed E-state index contributed by atoms with van der Waals surface area (Å²) in [7, 11) is 0. The van der Waals surface area contributed by atoms with Crippen LogP contribution >= 0.6 is 12.4 Å². The molecule has 0 spiro atoms. The molecule has 1 aromatic carbocycles. The van der Waals surface area contributed by atoms with Crippen molar-refractivity contribution in [3.63, 3.8) is 0 Å². The molecule has 1 unspecified atom stereocenters. The minimum Gasteiger partial charge on any atom is -0.356 e. The number of aromatic nitrogens is 1. The van der Waals surface area contributed by atoms with Crippen LogP contribution in [0.4, 0.5) is 0 Å². The van der Waals surface area contributed by atoms with E-state index in [9.17, 15) is 4.79 Å². The van der Waals surface area contributed by atoms with Gasteiger partial charge in [0, 0.05) is 22.5 Å². The number of fused-ring (bicyclic) bond motifs is 4. The lowest BCUT2D eigenvalue weighted by molar-refractivity contribution is -0.0378. The standard InChI is InChI=1S/C17H21N3O2.ClH/c1-17(2)15(11-5-7-20(17)8-6-11)19-16(21)12-3-4-13-10-18-22-14(13)9-12;/h3-4,9-11,15H,5-8H2,1-2H3,(H,19,21);1H. The SMILES string of the molecule is CC1(C)C(NC(=O)c2ccc3cnoc3c2)C2CCN1CC2.Cl. The van der Waals surface area contributed by atoms with Gasteiger partial charge in [-0.15, -0.1) is 12.4 Å². The third-order valence-corrected chi connectivity index (χ3v) is 5.49. The van der Waals surface area contributed by atoms with Crippen LogP contribution in [0.15, 0.2) is 28.9 Å². The van der Waals surface area contributed by atoms with E-state index >= 15 is 0 Å². The second-order valence-corrected chi connectivity index (χ2v) is 7.01. The Hall–Kier alpha value is -1.59. The number of nitrogens with one attached hydrogen (secondary N) is 1. The Morgan fingerprint density at radius 2 is 2.09 bits per heavy atom. The third-order valence-electron chi connectivity index (χ3n) is 5.49. The van der Waals surface area contributed by atoms with E-state index < -0.39 is 0 Å². The topological polar surface area (TPSA) is 58.4 Å². The molecule has 3 aliphatic heterocycles. The number of halogens is 1. The van der Waals surface area contributed by atoms with E-state index in [0.717, 1.165) is 18.5 Å². The molecule has 3 aliphatic rings. The number of nitrogens with zero attached hydrogens (tertiary/aromatic N) is 2. The lowest BCUT2D eigenvalue weighted by Gasteiger charge is -2.56. The summed E-state index contributed by atoms with van der Waals surface area (Å²) in [6.45, 7) is 6.77. The van der Waals surface area contributed by atoms with Crippen molar-refractivity contribution in [2.75, 3.05) is 13.1 Å². The fourth-order valence-corrected chi connectivity index (χ4v) is 4.10. The Morgan fingerprint density at radius 1 is 1.35 bits per heavy atom. The number of rotatable bonds is 2. The number of hydrogen-bond acceptors (Lipinski definition) is 4. The van der Waals surface area contributed by atoms with Gasteiger partial charge in [-0.2, -0.15) is 0 Å². The highest BCUT2D eigenvalue weighted by Gasteiger charge is 2.48.